The van der Waals surface area contributed by atoms with Crippen molar-refractivity contribution in [1.82, 2.24) is 10.6 Å². The minimum absolute atomic E-state index is 0.233. The SMILES string of the molecule is CNC(c1ccc(C(C)(C)C)cc1C)C1CNC1. The molecule has 18 heavy (non-hydrogen) atoms. The van der Waals surface area contributed by atoms with E-state index in [9.17, 15) is 0 Å². The zero-order valence-electron chi connectivity index (χ0n) is 12.3. The molecule has 0 aliphatic carbocycles. The van der Waals surface area contributed by atoms with Gasteiger partial charge in [0, 0.05) is 25.0 Å². The lowest BCUT2D eigenvalue weighted by atomic mass is 9.82. The number of nitrogens with one attached hydrogen (secondary N) is 2. The molecule has 2 rings (SSSR count). The monoisotopic (exact) mass is 246 g/mol. The highest BCUT2D eigenvalue weighted by molar-refractivity contribution is 5.36. The van der Waals surface area contributed by atoms with Crippen LogP contribution in [0.5, 0.6) is 0 Å². The molecule has 1 fully saturated rings. The Kier molecular flexibility index (Phi) is 3.79. The van der Waals surface area contributed by atoms with Gasteiger partial charge < -0.3 is 10.6 Å². The Balaban J connectivity index is 2.28. The van der Waals surface area contributed by atoms with Crippen molar-refractivity contribution in [2.75, 3.05) is 20.1 Å². The smallest absolute Gasteiger partial charge is 0.0373 e. The van der Waals surface area contributed by atoms with Crippen molar-refractivity contribution in [3.05, 3.63) is 34.9 Å². The summed E-state index contributed by atoms with van der Waals surface area (Å²) in [6, 6.07) is 7.44. The van der Waals surface area contributed by atoms with Gasteiger partial charge in [-0.25, -0.2) is 0 Å². The van der Waals surface area contributed by atoms with Crippen LogP contribution in [0.3, 0.4) is 0 Å². The van der Waals surface area contributed by atoms with E-state index in [2.05, 4.69) is 63.6 Å². The van der Waals surface area contributed by atoms with Crippen LogP contribution in [-0.2, 0) is 5.41 Å². The summed E-state index contributed by atoms with van der Waals surface area (Å²) in [5, 5.41) is 6.84. The maximum Gasteiger partial charge on any atom is 0.0373 e. The highest BCUT2D eigenvalue weighted by Gasteiger charge is 2.28. The number of benzene rings is 1. The van der Waals surface area contributed by atoms with Gasteiger partial charge in [-0.05, 0) is 36.1 Å². The minimum atomic E-state index is 0.233. The molecule has 0 saturated carbocycles. The van der Waals surface area contributed by atoms with E-state index in [4.69, 9.17) is 0 Å². The number of hydrogen-bond acceptors (Lipinski definition) is 2. The molecule has 2 heteroatoms. The summed E-state index contributed by atoms with van der Waals surface area (Å²) in [5.74, 6) is 0.731. The Bertz CT molecular complexity index is 414. The molecule has 1 aliphatic heterocycles. The molecule has 2 nitrogen and oxygen atoms in total. The van der Waals surface area contributed by atoms with E-state index in [-0.39, 0.29) is 5.41 Å². The van der Waals surface area contributed by atoms with Gasteiger partial charge in [-0.2, -0.15) is 0 Å². The summed E-state index contributed by atoms with van der Waals surface area (Å²) in [4.78, 5) is 0. The van der Waals surface area contributed by atoms with E-state index in [0.29, 0.717) is 6.04 Å². The van der Waals surface area contributed by atoms with Crippen molar-refractivity contribution in [3.63, 3.8) is 0 Å². The van der Waals surface area contributed by atoms with Crippen molar-refractivity contribution in [2.24, 2.45) is 5.92 Å². The van der Waals surface area contributed by atoms with E-state index in [0.717, 1.165) is 19.0 Å². The molecule has 0 spiro atoms. The Morgan fingerprint density at radius 2 is 1.94 bits per heavy atom. The predicted octanol–water partition coefficient (Wildman–Crippen LogP) is 2.77. The fourth-order valence-electron chi connectivity index (χ4n) is 2.68. The predicted molar refractivity (Wildman–Crippen MR) is 78.0 cm³/mol. The van der Waals surface area contributed by atoms with E-state index >= 15 is 0 Å². The van der Waals surface area contributed by atoms with Crippen LogP contribution >= 0.6 is 0 Å². The number of aryl methyl sites for hydroxylation is 1. The maximum absolute atomic E-state index is 3.48. The van der Waals surface area contributed by atoms with Crippen molar-refractivity contribution >= 4 is 0 Å². The minimum Gasteiger partial charge on any atom is -0.316 e. The quantitative estimate of drug-likeness (QED) is 0.857. The summed E-state index contributed by atoms with van der Waals surface area (Å²) in [6.07, 6.45) is 0. The lowest BCUT2D eigenvalue weighted by Crippen LogP contribution is -2.48. The van der Waals surface area contributed by atoms with Crippen LogP contribution < -0.4 is 10.6 Å². The van der Waals surface area contributed by atoms with E-state index in [1.54, 1.807) is 0 Å². The second-order valence-corrected chi connectivity index (χ2v) is 6.51. The molecule has 2 N–H and O–H groups in total. The van der Waals surface area contributed by atoms with Crippen molar-refractivity contribution < 1.29 is 0 Å². The molecule has 1 aromatic carbocycles. The van der Waals surface area contributed by atoms with E-state index in [1.165, 1.54) is 16.7 Å². The van der Waals surface area contributed by atoms with Gasteiger partial charge in [0.1, 0.15) is 0 Å². The largest absolute Gasteiger partial charge is 0.316 e. The molecule has 0 bridgehead atoms. The fourth-order valence-corrected chi connectivity index (χ4v) is 2.68. The first-order chi connectivity index (χ1) is 8.43. The third-order valence-electron chi connectivity index (χ3n) is 4.07. The zero-order chi connectivity index (χ0) is 13.3. The zero-order valence-corrected chi connectivity index (χ0v) is 12.3. The lowest BCUT2D eigenvalue weighted by Gasteiger charge is -2.36. The average Bonchev–Trinajstić information content (AvgIpc) is 2.22. The molecule has 100 valence electrons. The molecule has 1 saturated heterocycles. The normalized spacial score (nSPS) is 18.5. The van der Waals surface area contributed by atoms with E-state index < -0.39 is 0 Å². The van der Waals surface area contributed by atoms with Gasteiger partial charge in [-0.1, -0.05) is 39.0 Å². The summed E-state index contributed by atoms with van der Waals surface area (Å²) < 4.78 is 0. The first-order valence-corrected chi connectivity index (χ1v) is 6.92. The summed E-state index contributed by atoms with van der Waals surface area (Å²) in [5.41, 5.74) is 4.52. The van der Waals surface area contributed by atoms with Gasteiger partial charge in [0.2, 0.25) is 0 Å². The highest BCUT2D eigenvalue weighted by atomic mass is 15.0. The lowest BCUT2D eigenvalue weighted by molar-refractivity contribution is 0.267. The molecular formula is C16H26N2. The molecule has 0 radical (unpaired) electrons. The Labute approximate surface area is 111 Å². The van der Waals surface area contributed by atoms with Crippen LogP contribution in [0.2, 0.25) is 0 Å². The van der Waals surface area contributed by atoms with Crippen molar-refractivity contribution in [3.8, 4) is 0 Å². The number of hydrogen-bond donors (Lipinski definition) is 2. The number of rotatable bonds is 3. The van der Waals surface area contributed by atoms with Crippen LogP contribution in [-0.4, -0.2) is 20.1 Å². The topological polar surface area (TPSA) is 24.1 Å². The first-order valence-electron chi connectivity index (χ1n) is 6.92. The summed E-state index contributed by atoms with van der Waals surface area (Å²) >= 11 is 0. The molecule has 1 unspecified atom stereocenters. The van der Waals surface area contributed by atoms with Crippen LogP contribution in [0.4, 0.5) is 0 Å². The standard InChI is InChI=1S/C16H26N2/c1-11-8-13(16(2,3)4)6-7-14(11)15(17-5)12-9-18-10-12/h6-8,12,15,17-18H,9-10H2,1-5H3. The molecular weight excluding hydrogens is 220 g/mol. The molecule has 0 amide bonds. The molecule has 0 aromatic heterocycles. The van der Waals surface area contributed by atoms with Gasteiger partial charge in [0.05, 0.1) is 0 Å². The van der Waals surface area contributed by atoms with Crippen molar-refractivity contribution in [1.29, 1.82) is 0 Å². The average molecular weight is 246 g/mol. The first kappa shape index (κ1) is 13.6. The Morgan fingerprint density at radius 3 is 2.33 bits per heavy atom. The maximum atomic E-state index is 3.48. The second-order valence-electron chi connectivity index (χ2n) is 6.51. The van der Waals surface area contributed by atoms with Gasteiger partial charge in [0.25, 0.3) is 0 Å². The van der Waals surface area contributed by atoms with Crippen LogP contribution in [0.25, 0.3) is 0 Å². The highest BCUT2D eigenvalue weighted by Crippen LogP contribution is 2.30. The van der Waals surface area contributed by atoms with Gasteiger partial charge in [0.15, 0.2) is 0 Å². The molecule has 1 heterocycles. The second kappa shape index (κ2) is 5.02. The van der Waals surface area contributed by atoms with Gasteiger partial charge in [-0.15, -0.1) is 0 Å². The van der Waals surface area contributed by atoms with Crippen LogP contribution in [0, 0.1) is 12.8 Å². The molecule has 1 atom stereocenters. The molecule has 1 aliphatic rings. The Morgan fingerprint density at radius 1 is 1.28 bits per heavy atom. The van der Waals surface area contributed by atoms with Gasteiger partial charge in [-0.3, -0.25) is 0 Å². The fraction of sp³-hybridized carbons (Fsp3) is 0.625. The van der Waals surface area contributed by atoms with Crippen molar-refractivity contribution in [2.45, 2.75) is 39.2 Å². The summed E-state index contributed by atoms with van der Waals surface area (Å²) in [6.45, 7) is 11.3. The van der Waals surface area contributed by atoms with Gasteiger partial charge >= 0.3 is 0 Å². The van der Waals surface area contributed by atoms with Crippen LogP contribution in [0.1, 0.15) is 43.5 Å². The third kappa shape index (κ3) is 2.60. The summed E-state index contributed by atoms with van der Waals surface area (Å²) in [7, 11) is 2.07. The third-order valence-corrected chi connectivity index (χ3v) is 4.07. The molecule has 1 aromatic rings. The Hall–Kier alpha value is -0.860. The van der Waals surface area contributed by atoms with Crippen LogP contribution in [0.15, 0.2) is 18.2 Å². The van der Waals surface area contributed by atoms with E-state index in [1.807, 2.05) is 0 Å².